The van der Waals surface area contributed by atoms with Crippen molar-refractivity contribution in [3.05, 3.63) is 48.0 Å². The molecular weight excluding hydrogens is 408 g/mol. The Kier molecular flexibility index (Phi) is 7.06. The van der Waals surface area contributed by atoms with Gasteiger partial charge in [0.15, 0.2) is 0 Å². The Labute approximate surface area is 188 Å². The summed E-state index contributed by atoms with van der Waals surface area (Å²) >= 11 is 0. The molecule has 4 rings (SSSR count). The number of methoxy groups -OCH3 is 1. The van der Waals surface area contributed by atoms with Crippen LogP contribution in [0.5, 0.6) is 5.75 Å². The van der Waals surface area contributed by atoms with Gasteiger partial charge in [-0.05, 0) is 37.6 Å². The van der Waals surface area contributed by atoms with Gasteiger partial charge in [-0.3, -0.25) is 19.4 Å². The molecule has 3 atom stereocenters. The second kappa shape index (κ2) is 10.1. The molecule has 0 bridgehead atoms. The molecular formula is C23H32N6O3. The van der Waals surface area contributed by atoms with Gasteiger partial charge < -0.3 is 20.4 Å². The number of benzene rings is 1. The van der Waals surface area contributed by atoms with Crippen molar-refractivity contribution in [3.8, 4) is 5.75 Å². The molecule has 9 nitrogen and oxygen atoms in total. The molecule has 9 heteroatoms. The van der Waals surface area contributed by atoms with Crippen LogP contribution >= 0.6 is 0 Å². The number of rotatable bonds is 8. The smallest absolute Gasteiger partial charge is 0.239 e. The van der Waals surface area contributed by atoms with E-state index >= 15 is 0 Å². The average molecular weight is 441 g/mol. The first-order valence-electron chi connectivity index (χ1n) is 11.2. The first-order chi connectivity index (χ1) is 15.5. The Bertz CT molecular complexity index is 901. The van der Waals surface area contributed by atoms with E-state index < -0.39 is 0 Å². The van der Waals surface area contributed by atoms with Gasteiger partial charge in [0.05, 0.1) is 13.7 Å². The summed E-state index contributed by atoms with van der Waals surface area (Å²) in [4.78, 5) is 37.2. The monoisotopic (exact) mass is 440 g/mol. The number of imidazole rings is 1. The van der Waals surface area contributed by atoms with Crippen LogP contribution < -0.4 is 15.4 Å². The first-order valence-corrected chi connectivity index (χ1v) is 11.2. The summed E-state index contributed by atoms with van der Waals surface area (Å²) < 4.78 is 5.16. The molecule has 0 aliphatic carbocycles. The molecule has 2 aliphatic rings. The number of carbonyl (C=O) groups excluding carboxylic acids is 2. The molecule has 0 saturated carbocycles. The van der Waals surface area contributed by atoms with E-state index in [1.165, 1.54) is 0 Å². The summed E-state index contributed by atoms with van der Waals surface area (Å²) in [5.74, 6) is 1.76. The van der Waals surface area contributed by atoms with E-state index in [1.807, 2.05) is 24.3 Å². The first kappa shape index (κ1) is 22.3. The zero-order valence-electron chi connectivity index (χ0n) is 18.7. The Balaban J connectivity index is 1.29. The minimum atomic E-state index is -0.195. The van der Waals surface area contributed by atoms with Crippen molar-refractivity contribution in [2.45, 2.75) is 50.5 Å². The van der Waals surface area contributed by atoms with Gasteiger partial charge in [0.2, 0.25) is 11.8 Å². The lowest BCUT2D eigenvalue weighted by Crippen LogP contribution is -2.49. The van der Waals surface area contributed by atoms with Crippen molar-refractivity contribution >= 4 is 11.8 Å². The molecule has 2 aliphatic heterocycles. The van der Waals surface area contributed by atoms with E-state index in [2.05, 4.69) is 37.4 Å². The third kappa shape index (κ3) is 5.11. The molecule has 1 aromatic carbocycles. The Morgan fingerprint density at radius 2 is 2.12 bits per heavy atom. The minimum Gasteiger partial charge on any atom is -0.497 e. The van der Waals surface area contributed by atoms with Crippen molar-refractivity contribution in [2.75, 3.05) is 27.2 Å². The highest BCUT2D eigenvalue weighted by molar-refractivity contribution is 5.83. The van der Waals surface area contributed by atoms with Gasteiger partial charge in [0.25, 0.3) is 0 Å². The SMILES string of the molecule is COc1ccc(CNC(=O)CCC2CNC(=O)C3C(CCN3Cc3ncc[nH]3)N2C)cc1. The number of hydrogen-bond acceptors (Lipinski definition) is 6. The average Bonchev–Trinajstić information content (AvgIpc) is 3.45. The Hall–Kier alpha value is -2.91. The highest BCUT2D eigenvalue weighted by Crippen LogP contribution is 2.28. The largest absolute Gasteiger partial charge is 0.497 e. The third-order valence-electron chi connectivity index (χ3n) is 6.61. The van der Waals surface area contributed by atoms with Crippen LogP contribution in [0.25, 0.3) is 0 Å². The molecule has 0 spiro atoms. The molecule has 2 fully saturated rings. The summed E-state index contributed by atoms with van der Waals surface area (Å²) in [5, 5.41) is 6.09. The number of nitrogens with zero attached hydrogens (tertiary/aromatic N) is 3. The van der Waals surface area contributed by atoms with Gasteiger partial charge in [-0.15, -0.1) is 0 Å². The van der Waals surface area contributed by atoms with Crippen molar-refractivity contribution in [1.29, 1.82) is 0 Å². The van der Waals surface area contributed by atoms with Crippen LogP contribution in [0.2, 0.25) is 0 Å². The molecule has 172 valence electrons. The predicted molar refractivity (Wildman–Crippen MR) is 120 cm³/mol. The lowest BCUT2D eigenvalue weighted by atomic mass is 10.0. The molecule has 3 N–H and O–H groups in total. The van der Waals surface area contributed by atoms with Gasteiger partial charge >= 0.3 is 0 Å². The molecule has 32 heavy (non-hydrogen) atoms. The number of aromatic amines is 1. The lowest BCUT2D eigenvalue weighted by Gasteiger charge is -2.33. The van der Waals surface area contributed by atoms with Crippen LogP contribution in [0.15, 0.2) is 36.7 Å². The molecule has 2 aromatic rings. The Morgan fingerprint density at radius 3 is 2.84 bits per heavy atom. The van der Waals surface area contributed by atoms with Crippen LogP contribution in [-0.2, 0) is 22.7 Å². The van der Waals surface area contributed by atoms with E-state index in [4.69, 9.17) is 4.74 Å². The van der Waals surface area contributed by atoms with Crippen molar-refractivity contribution in [2.24, 2.45) is 0 Å². The molecule has 1 aromatic heterocycles. The normalized spacial score (nSPS) is 23.9. The van der Waals surface area contributed by atoms with Gasteiger partial charge in [0, 0.05) is 50.5 Å². The number of amides is 2. The van der Waals surface area contributed by atoms with Crippen LogP contribution in [0.3, 0.4) is 0 Å². The van der Waals surface area contributed by atoms with Crippen LogP contribution in [0.4, 0.5) is 0 Å². The standard InChI is InChI=1S/C23H32N6O3/c1-28-17(5-8-21(30)26-13-16-3-6-18(32-2)7-4-16)14-27-23(31)22-19(28)9-12-29(22)15-20-24-10-11-25-20/h3-4,6-7,10-11,17,19,22H,5,8-9,12-15H2,1-2H3,(H,24,25)(H,26,30)(H,27,31). The van der Waals surface area contributed by atoms with Gasteiger partial charge in [-0.1, -0.05) is 12.1 Å². The van der Waals surface area contributed by atoms with Crippen LogP contribution in [-0.4, -0.2) is 77.0 Å². The van der Waals surface area contributed by atoms with Crippen molar-refractivity contribution < 1.29 is 14.3 Å². The quantitative estimate of drug-likeness (QED) is 0.563. The lowest BCUT2D eigenvalue weighted by molar-refractivity contribution is -0.126. The predicted octanol–water partition coefficient (Wildman–Crippen LogP) is 0.888. The highest BCUT2D eigenvalue weighted by atomic mass is 16.5. The maximum atomic E-state index is 12.9. The summed E-state index contributed by atoms with van der Waals surface area (Å²) in [7, 11) is 3.71. The van der Waals surface area contributed by atoms with E-state index in [9.17, 15) is 9.59 Å². The number of aromatic nitrogens is 2. The fraction of sp³-hybridized carbons (Fsp3) is 0.522. The van der Waals surface area contributed by atoms with Crippen molar-refractivity contribution in [3.63, 3.8) is 0 Å². The number of fused-ring (bicyclic) bond motifs is 1. The number of carbonyl (C=O) groups is 2. The van der Waals surface area contributed by atoms with Gasteiger partial charge in [0.1, 0.15) is 17.6 Å². The minimum absolute atomic E-state index is 0.0206. The van der Waals surface area contributed by atoms with Crippen LogP contribution in [0, 0.1) is 0 Å². The maximum absolute atomic E-state index is 12.9. The van der Waals surface area contributed by atoms with Crippen LogP contribution in [0.1, 0.15) is 30.7 Å². The molecule has 3 heterocycles. The number of H-pyrrole nitrogens is 1. The zero-order chi connectivity index (χ0) is 22.5. The number of nitrogens with one attached hydrogen (secondary N) is 3. The molecule has 2 amide bonds. The maximum Gasteiger partial charge on any atom is 0.239 e. The third-order valence-corrected chi connectivity index (χ3v) is 6.61. The van der Waals surface area contributed by atoms with E-state index in [-0.39, 0.29) is 29.9 Å². The fourth-order valence-corrected chi connectivity index (χ4v) is 4.73. The summed E-state index contributed by atoms with van der Waals surface area (Å²) in [6, 6.07) is 7.74. The zero-order valence-corrected chi connectivity index (χ0v) is 18.7. The second-order valence-corrected chi connectivity index (χ2v) is 8.54. The second-order valence-electron chi connectivity index (χ2n) is 8.54. The number of ether oxygens (including phenoxy) is 1. The van der Waals surface area contributed by atoms with Crippen molar-refractivity contribution in [1.82, 2.24) is 30.4 Å². The molecule has 0 radical (unpaired) electrons. The summed E-state index contributed by atoms with van der Waals surface area (Å²) in [5.41, 5.74) is 1.03. The topological polar surface area (TPSA) is 103 Å². The van der Waals surface area contributed by atoms with Gasteiger partial charge in [-0.25, -0.2) is 4.98 Å². The van der Waals surface area contributed by atoms with E-state index in [0.29, 0.717) is 32.5 Å². The Morgan fingerprint density at radius 1 is 1.31 bits per heavy atom. The number of likely N-dealkylation sites (tertiary alicyclic amines) is 1. The fourth-order valence-electron chi connectivity index (χ4n) is 4.73. The van der Waals surface area contributed by atoms with E-state index in [0.717, 1.165) is 30.1 Å². The highest BCUT2D eigenvalue weighted by Gasteiger charge is 2.45. The summed E-state index contributed by atoms with van der Waals surface area (Å²) in [6.07, 6.45) is 5.59. The molecule has 2 saturated heterocycles. The number of hydrogen-bond donors (Lipinski definition) is 3. The molecule has 3 unspecified atom stereocenters. The summed E-state index contributed by atoms with van der Waals surface area (Å²) in [6.45, 7) is 2.53. The number of likely N-dealkylation sites (N-methyl/N-ethyl adjacent to an activating group) is 1. The van der Waals surface area contributed by atoms with E-state index in [1.54, 1.807) is 19.5 Å². The van der Waals surface area contributed by atoms with Gasteiger partial charge in [-0.2, -0.15) is 0 Å².